The first-order valence-corrected chi connectivity index (χ1v) is 8.30. The van der Waals surface area contributed by atoms with Crippen LogP contribution in [-0.4, -0.2) is 34.8 Å². The van der Waals surface area contributed by atoms with E-state index in [1.165, 1.54) is 5.69 Å². The molecule has 2 heterocycles. The molecule has 1 saturated heterocycles. The molecule has 5 nitrogen and oxygen atoms in total. The molecule has 0 radical (unpaired) electrons. The van der Waals surface area contributed by atoms with Crippen LogP contribution in [0.3, 0.4) is 0 Å². The zero-order chi connectivity index (χ0) is 16.1. The average Bonchev–Trinajstić information content (AvgIpc) is 3.09. The predicted octanol–water partition coefficient (Wildman–Crippen LogP) is 2.30. The largest absolute Gasteiger partial charge is 0.371 e. The number of nitrogens with one attached hydrogen (secondary N) is 1. The first-order valence-electron chi connectivity index (χ1n) is 8.30. The van der Waals surface area contributed by atoms with E-state index in [0.717, 1.165) is 25.9 Å². The third-order valence-electron chi connectivity index (χ3n) is 4.43. The van der Waals surface area contributed by atoms with Crippen LogP contribution in [0.5, 0.6) is 0 Å². The fraction of sp³-hybridized carbons (Fsp3) is 0.444. The number of aromatic nitrogens is 2. The van der Waals surface area contributed by atoms with Gasteiger partial charge in [-0.2, -0.15) is 5.10 Å². The lowest BCUT2D eigenvalue weighted by Gasteiger charge is -2.34. The molecule has 1 aromatic carbocycles. The maximum atomic E-state index is 12.3. The molecule has 3 rings (SSSR count). The molecule has 0 spiro atoms. The van der Waals surface area contributed by atoms with Gasteiger partial charge in [-0.3, -0.25) is 9.48 Å². The van der Waals surface area contributed by atoms with Crippen LogP contribution in [-0.2, 0) is 11.3 Å². The Morgan fingerprint density at radius 3 is 2.65 bits per heavy atom. The van der Waals surface area contributed by atoms with Gasteiger partial charge in [-0.05, 0) is 31.0 Å². The van der Waals surface area contributed by atoms with E-state index in [9.17, 15) is 4.79 Å². The quantitative estimate of drug-likeness (QED) is 0.922. The molecule has 1 unspecified atom stereocenters. The highest BCUT2D eigenvalue weighted by Crippen LogP contribution is 2.19. The summed E-state index contributed by atoms with van der Waals surface area (Å²) in [6.45, 7) is 4.56. The van der Waals surface area contributed by atoms with Crippen molar-refractivity contribution in [2.45, 2.75) is 32.4 Å². The Labute approximate surface area is 137 Å². The molecule has 1 amide bonds. The third kappa shape index (κ3) is 4.12. The second-order valence-corrected chi connectivity index (χ2v) is 6.23. The van der Waals surface area contributed by atoms with Crippen LogP contribution in [0.2, 0.25) is 0 Å². The highest BCUT2D eigenvalue weighted by Gasteiger charge is 2.23. The maximum absolute atomic E-state index is 12.3. The molecule has 0 saturated carbocycles. The van der Waals surface area contributed by atoms with Crippen LogP contribution in [0.4, 0.5) is 5.69 Å². The van der Waals surface area contributed by atoms with Crippen LogP contribution < -0.4 is 10.2 Å². The van der Waals surface area contributed by atoms with Crippen molar-refractivity contribution in [3.63, 3.8) is 0 Å². The minimum atomic E-state index is -0.0675. The Kier molecular flexibility index (Phi) is 4.95. The van der Waals surface area contributed by atoms with Gasteiger partial charge in [-0.25, -0.2) is 0 Å². The first kappa shape index (κ1) is 15.6. The highest BCUT2D eigenvalue weighted by atomic mass is 16.1. The lowest BCUT2D eigenvalue weighted by atomic mass is 10.0. The smallest absolute Gasteiger partial charge is 0.224 e. The van der Waals surface area contributed by atoms with E-state index in [0.29, 0.717) is 6.54 Å². The normalized spacial score (nSPS) is 17.0. The first-order chi connectivity index (χ1) is 11.2. The monoisotopic (exact) mass is 312 g/mol. The van der Waals surface area contributed by atoms with Crippen LogP contribution in [0.25, 0.3) is 0 Å². The highest BCUT2D eigenvalue weighted by molar-refractivity contribution is 5.78. The summed E-state index contributed by atoms with van der Waals surface area (Å²) >= 11 is 0. The van der Waals surface area contributed by atoms with Gasteiger partial charge in [-0.15, -0.1) is 0 Å². The number of carbonyl (C=O) groups excluding carboxylic acids is 1. The van der Waals surface area contributed by atoms with Gasteiger partial charge in [0, 0.05) is 37.2 Å². The number of hydrogen-bond donors (Lipinski definition) is 1. The lowest BCUT2D eigenvalue weighted by Crippen LogP contribution is -2.46. The zero-order valence-corrected chi connectivity index (χ0v) is 13.6. The molecule has 0 bridgehead atoms. The summed E-state index contributed by atoms with van der Waals surface area (Å²) in [5.74, 6) is 0.0562. The standard InChI is InChI=1S/C18H24N4O/c1-15(14-22-11-5-10-19-22)18(23)20-16-8-12-21(13-9-16)17-6-3-2-4-7-17/h2-7,10-11,15-16H,8-9,12-14H2,1H3,(H,20,23). The number of carbonyl (C=O) groups is 1. The fourth-order valence-electron chi connectivity index (χ4n) is 3.04. The SMILES string of the molecule is CC(Cn1cccn1)C(=O)NC1CCN(c2ccccc2)CC1. The molecule has 0 aliphatic carbocycles. The van der Waals surface area contributed by atoms with Crippen molar-refractivity contribution in [1.82, 2.24) is 15.1 Å². The van der Waals surface area contributed by atoms with Gasteiger partial charge < -0.3 is 10.2 Å². The molecule has 23 heavy (non-hydrogen) atoms. The fourth-order valence-corrected chi connectivity index (χ4v) is 3.04. The molecule has 1 fully saturated rings. The van der Waals surface area contributed by atoms with E-state index in [1.807, 2.05) is 29.9 Å². The van der Waals surface area contributed by atoms with Gasteiger partial charge in [0.25, 0.3) is 0 Å². The Hall–Kier alpha value is -2.30. The van der Waals surface area contributed by atoms with Crippen molar-refractivity contribution < 1.29 is 4.79 Å². The number of amides is 1. The van der Waals surface area contributed by atoms with Gasteiger partial charge in [0.15, 0.2) is 0 Å². The number of anilines is 1. The summed E-state index contributed by atoms with van der Waals surface area (Å²) < 4.78 is 1.81. The number of para-hydroxylation sites is 1. The number of benzene rings is 1. The number of piperidine rings is 1. The van der Waals surface area contributed by atoms with Gasteiger partial charge in [0.1, 0.15) is 0 Å². The maximum Gasteiger partial charge on any atom is 0.224 e. The molecule has 1 aromatic heterocycles. The van der Waals surface area contributed by atoms with Crippen molar-refractivity contribution in [2.24, 2.45) is 5.92 Å². The van der Waals surface area contributed by atoms with Crippen molar-refractivity contribution in [3.8, 4) is 0 Å². The molecule has 122 valence electrons. The van der Waals surface area contributed by atoms with Crippen molar-refractivity contribution in [3.05, 3.63) is 48.8 Å². The summed E-state index contributed by atoms with van der Waals surface area (Å²) in [5.41, 5.74) is 1.27. The number of rotatable bonds is 5. The molecule has 1 atom stereocenters. The predicted molar refractivity (Wildman–Crippen MR) is 91.2 cm³/mol. The Morgan fingerprint density at radius 2 is 2.00 bits per heavy atom. The number of hydrogen-bond acceptors (Lipinski definition) is 3. The number of nitrogens with zero attached hydrogens (tertiary/aromatic N) is 3. The molecular formula is C18H24N4O. The molecule has 1 N–H and O–H groups in total. The summed E-state index contributed by atoms with van der Waals surface area (Å²) in [5, 5.41) is 7.36. The van der Waals surface area contributed by atoms with Crippen LogP contribution in [0, 0.1) is 5.92 Å². The van der Waals surface area contributed by atoms with Crippen molar-refractivity contribution >= 4 is 11.6 Å². The summed E-state index contributed by atoms with van der Waals surface area (Å²) in [6, 6.07) is 12.6. The Balaban J connectivity index is 1.46. The lowest BCUT2D eigenvalue weighted by molar-refractivity contribution is -0.125. The minimum Gasteiger partial charge on any atom is -0.371 e. The summed E-state index contributed by atoms with van der Waals surface area (Å²) in [4.78, 5) is 14.7. The van der Waals surface area contributed by atoms with E-state index in [4.69, 9.17) is 0 Å². The van der Waals surface area contributed by atoms with E-state index in [2.05, 4.69) is 39.6 Å². The third-order valence-corrected chi connectivity index (χ3v) is 4.43. The van der Waals surface area contributed by atoms with Gasteiger partial charge in [-0.1, -0.05) is 25.1 Å². The second kappa shape index (κ2) is 7.31. The second-order valence-electron chi connectivity index (χ2n) is 6.23. The molecule has 5 heteroatoms. The van der Waals surface area contributed by atoms with Crippen LogP contribution in [0.15, 0.2) is 48.8 Å². The molecule has 2 aromatic rings. The van der Waals surface area contributed by atoms with Crippen molar-refractivity contribution in [2.75, 3.05) is 18.0 Å². The van der Waals surface area contributed by atoms with E-state index in [-0.39, 0.29) is 17.9 Å². The Morgan fingerprint density at radius 1 is 1.26 bits per heavy atom. The molecule has 1 aliphatic rings. The summed E-state index contributed by atoms with van der Waals surface area (Å²) in [7, 11) is 0. The zero-order valence-electron chi connectivity index (χ0n) is 13.6. The van der Waals surface area contributed by atoms with Gasteiger partial charge in [0.2, 0.25) is 5.91 Å². The van der Waals surface area contributed by atoms with Gasteiger partial charge >= 0.3 is 0 Å². The molecular weight excluding hydrogens is 288 g/mol. The van der Waals surface area contributed by atoms with E-state index < -0.39 is 0 Å². The van der Waals surface area contributed by atoms with Crippen LogP contribution >= 0.6 is 0 Å². The van der Waals surface area contributed by atoms with E-state index in [1.54, 1.807) is 6.20 Å². The molecule has 1 aliphatic heterocycles. The Bertz CT molecular complexity index is 603. The summed E-state index contributed by atoms with van der Waals surface area (Å²) in [6.07, 6.45) is 5.62. The average molecular weight is 312 g/mol. The van der Waals surface area contributed by atoms with Crippen LogP contribution in [0.1, 0.15) is 19.8 Å². The van der Waals surface area contributed by atoms with Crippen molar-refractivity contribution in [1.29, 1.82) is 0 Å². The topological polar surface area (TPSA) is 50.2 Å². The van der Waals surface area contributed by atoms with E-state index >= 15 is 0 Å². The minimum absolute atomic E-state index is 0.0675. The van der Waals surface area contributed by atoms with Gasteiger partial charge in [0.05, 0.1) is 12.5 Å².